The van der Waals surface area contributed by atoms with Gasteiger partial charge in [-0.25, -0.2) is 0 Å². The van der Waals surface area contributed by atoms with Crippen molar-refractivity contribution >= 4 is 5.69 Å². The third kappa shape index (κ3) is 3.86. The zero-order valence-corrected chi connectivity index (χ0v) is 9.11. The molecule has 0 aliphatic carbocycles. The van der Waals surface area contributed by atoms with Crippen LogP contribution in [0, 0.1) is 0 Å². The van der Waals surface area contributed by atoms with E-state index in [0.717, 1.165) is 12.1 Å². The van der Waals surface area contributed by atoms with Gasteiger partial charge in [0.2, 0.25) is 0 Å². The van der Waals surface area contributed by atoms with Gasteiger partial charge < -0.3 is 5.73 Å². The standard InChI is InChI=1S/C14H17N/c1-3-7-12(2)8-6-10-13-9-4-5-11-14(13)15/h3-9,11H,1,10,15H2,2H3/b8-6-,12-7-. The molecule has 0 amide bonds. The second-order valence-corrected chi connectivity index (χ2v) is 3.45. The summed E-state index contributed by atoms with van der Waals surface area (Å²) in [5.41, 5.74) is 9.05. The van der Waals surface area contributed by atoms with Gasteiger partial charge in [0.25, 0.3) is 0 Å². The number of allylic oxidation sites excluding steroid dienone is 5. The summed E-state index contributed by atoms with van der Waals surface area (Å²) in [5, 5.41) is 0. The van der Waals surface area contributed by atoms with Gasteiger partial charge in [-0.2, -0.15) is 0 Å². The summed E-state index contributed by atoms with van der Waals surface area (Å²) in [7, 11) is 0. The fraction of sp³-hybridized carbons (Fsp3) is 0.143. The van der Waals surface area contributed by atoms with Crippen LogP contribution in [0.1, 0.15) is 12.5 Å². The molecule has 1 heteroatoms. The predicted molar refractivity (Wildman–Crippen MR) is 67.7 cm³/mol. The highest BCUT2D eigenvalue weighted by Crippen LogP contribution is 2.11. The lowest BCUT2D eigenvalue weighted by molar-refractivity contribution is 1.27. The van der Waals surface area contributed by atoms with Gasteiger partial charge >= 0.3 is 0 Å². The molecule has 0 spiro atoms. The minimum Gasteiger partial charge on any atom is -0.398 e. The molecule has 0 atom stereocenters. The molecule has 1 aromatic rings. The average molecular weight is 199 g/mol. The molecule has 0 heterocycles. The molecule has 78 valence electrons. The number of anilines is 1. The largest absolute Gasteiger partial charge is 0.398 e. The molecule has 0 bridgehead atoms. The Hall–Kier alpha value is -1.76. The minimum atomic E-state index is 0.854. The summed E-state index contributed by atoms with van der Waals surface area (Å²) < 4.78 is 0. The van der Waals surface area contributed by atoms with E-state index in [1.807, 2.05) is 37.3 Å². The number of hydrogen-bond donors (Lipinski definition) is 1. The highest BCUT2D eigenvalue weighted by atomic mass is 14.5. The molecule has 15 heavy (non-hydrogen) atoms. The number of nitrogens with two attached hydrogens (primary N) is 1. The average Bonchev–Trinajstić information content (AvgIpc) is 2.21. The topological polar surface area (TPSA) is 26.0 Å². The number of rotatable bonds is 4. The number of hydrogen-bond acceptors (Lipinski definition) is 1. The molecule has 0 unspecified atom stereocenters. The van der Waals surface area contributed by atoms with E-state index in [9.17, 15) is 0 Å². The van der Waals surface area contributed by atoms with Gasteiger partial charge in [0.1, 0.15) is 0 Å². The molecule has 0 radical (unpaired) electrons. The Labute approximate surface area is 91.6 Å². The van der Waals surface area contributed by atoms with Crippen LogP contribution in [0.3, 0.4) is 0 Å². The van der Waals surface area contributed by atoms with Gasteiger partial charge in [-0.3, -0.25) is 0 Å². The van der Waals surface area contributed by atoms with E-state index >= 15 is 0 Å². The maximum atomic E-state index is 5.83. The lowest BCUT2D eigenvalue weighted by Gasteiger charge is -2.00. The Bertz CT molecular complexity index is 386. The molecular formula is C14H17N. The predicted octanol–water partition coefficient (Wildman–Crippen LogP) is 3.50. The fourth-order valence-electron chi connectivity index (χ4n) is 1.33. The van der Waals surface area contributed by atoms with Crippen LogP contribution in [0.4, 0.5) is 5.69 Å². The monoisotopic (exact) mass is 199 g/mol. The molecule has 0 saturated carbocycles. The zero-order chi connectivity index (χ0) is 11.1. The van der Waals surface area contributed by atoms with Crippen LogP contribution in [0.5, 0.6) is 0 Å². The van der Waals surface area contributed by atoms with Crippen molar-refractivity contribution in [3.8, 4) is 0 Å². The summed E-state index contributed by atoms with van der Waals surface area (Å²) in [6.07, 6.45) is 8.82. The summed E-state index contributed by atoms with van der Waals surface area (Å²) in [5.74, 6) is 0. The summed E-state index contributed by atoms with van der Waals surface area (Å²) in [6, 6.07) is 7.93. The van der Waals surface area contributed by atoms with Crippen molar-refractivity contribution in [2.75, 3.05) is 5.73 Å². The van der Waals surface area contributed by atoms with E-state index in [4.69, 9.17) is 5.73 Å². The first-order chi connectivity index (χ1) is 7.24. The maximum Gasteiger partial charge on any atom is 0.0349 e. The number of para-hydroxylation sites is 1. The third-order valence-corrected chi connectivity index (χ3v) is 2.15. The molecule has 1 nitrogen and oxygen atoms in total. The van der Waals surface area contributed by atoms with Gasteiger partial charge in [0, 0.05) is 5.69 Å². The molecule has 2 N–H and O–H groups in total. The lowest BCUT2D eigenvalue weighted by atomic mass is 10.1. The lowest BCUT2D eigenvalue weighted by Crippen LogP contribution is -1.91. The van der Waals surface area contributed by atoms with E-state index in [0.29, 0.717) is 0 Å². The van der Waals surface area contributed by atoms with E-state index in [2.05, 4.69) is 18.7 Å². The first-order valence-electron chi connectivity index (χ1n) is 5.03. The maximum absolute atomic E-state index is 5.83. The van der Waals surface area contributed by atoms with Gasteiger partial charge in [-0.15, -0.1) is 0 Å². The molecule has 0 aromatic heterocycles. The Morgan fingerprint density at radius 2 is 2.13 bits per heavy atom. The molecular weight excluding hydrogens is 182 g/mol. The SMILES string of the molecule is C=C/C=C(C)\C=C/Cc1ccccc1N. The van der Waals surface area contributed by atoms with Crippen molar-refractivity contribution in [2.45, 2.75) is 13.3 Å². The van der Waals surface area contributed by atoms with Crippen LogP contribution in [-0.4, -0.2) is 0 Å². The smallest absolute Gasteiger partial charge is 0.0349 e. The van der Waals surface area contributed by atoms with Gasteiger partial charge in [-0.05, 0) is 25.0 Å². The molecule has 0 aliphatic rings. The van der Waals surface area contributed by atoms with Crippen molar-refractivity contribution in [1.29, 1.82) is 0 Å². The molecule has 1 rings (SSSR count). The van der Waals surface area contributed by atoms with Crippen LogP contribution in [0.25, 0.3) is 0 Å². The van der Waals surface area contributed by atoms with Crippen LogP contribution in [0.15, 0.2) is 60.7 Å². The van der Waals surface area contributed by atoms with Gasteiger partial charge in [0.15, 0.2) is 0 Å². The minimum absolute atomic E-state index is 0.854. The van der Waals surface area contributed by atoms with E-state index in [1.165, 1.54) is 11.1 Å². The van der Waals surface area contributed by atoms with Gasteiger partial charge in [-0.1, -0.05) is 54.7 Å². The Balaban J connectivity index is 2.61. The van der Waals surface area contributed by atoms with Crippen molar-refractivity contribution in [3.63, 3.8) is 0 Å². The molecule has 0 fully saturated rings. The Morgan fingerprint density at radius 3 is 2.80 bits per heavy atom. The van der Waals surface area contributed by atoms with Crippen molar-refractivity contribution in [3.05, 3.63) is 66.3 Å². The zero-order valence-electron chi connectivity index (χ0n) is 9.11. The molecule has 0 aliphatic heterocycles. The highest BCUT2D eigenvalue weighted by molar-refractivity contribution is 5.47. The van der Waals surface area contributed by atoms with Crippen LogP contribution >= 0.6 is 0 Å². The van der Waals surface area contributed by atoms with Gasteiger partial charge in [0.05, 0.1) is 0 Å². The highest BCUT2D eigenvalue weighted by Gasteiger charge is 1.93. The van der Waals surface area contributed by atoms with E-state index in [1.54, 1.807) is 6.08 Å². The Morgan fingerprint density at radius 1 is 1.40 bits per heavy atom. The Kier molecular flexibility index (Phi) is 4.42. The van der Waals surface area contributed by atoms with E-state index in [-0.39, 0.29) is 0 Å². The van der Waals surface area contributed by atoms with E-state index < -0.39 is 0 Å². The van der Waals surface area contributed by atoms with Crippen molar-refractivity contribution in [2.24, 2.45) is 0 Å². The normalized spacial score (nSPS) is 11.9. The van der Waals surface area contributed by atoms with Crippen LogP contribution in [-0.2, 0) is 6.42 Å². The summed E-state index contributed by atoms with van der Waals surface area (Å²) >= 11 is 0. The second-order valence-electron chi connectivity index (χ2n) is 3.45. The first-order valence-corrected chi connectivity index (χ1v) is 5.03. The van der Waals surface area contributed by atoms with Crippen LogP contribution in [0.2, 0.25) is 0 Å². The van der Waals surface area contributed by atoms with Crippen molar-refractivity contribution in [1.82, 2.24) is 0 Å². The molecule has 0 saturated heterocycles. The summed E-state index contributed by atoms with van der Waals surface area (Å²) in [4.78, 5) is 0. The first kappa shape index (κ1) is 11.3. The number of benzene rings is 1. The van der Waals surface area contributed by atoms with Crippen LogP contribution < -0.4 is 5.73 Å². The summed E-state index contributed by atoms with van der Waals surface area (Å²) in [6.45, 7) is 5.70. The third-order valence-electron chi connectivity index (χ3n) is 2.15. The number of nitrogen functional groups attached to an aromatic ring is 1. The fourth-order valence-corrected chi connectivity index (χ4v) is 1.33. The quantitative estimate of drug-likeness (QED) is 0.583. The van der Waals surface area contributed by atoms with Crippen molar-refractivity contribution < 1.29 is 0 Å². The molecule has 1 aromatic carbocycles. The second kappa shape index (κ2) is 5.86.